The maximum atomic E-state index is 11.9. The van der Waals surface area contributed by atoms with Gasteiger partial charge in [0.05, 0.1) is 18.8 Å². The molecule has 0 aromatic carbocycles. The van der Waals surface area contributed by atoms with Crippen molar-refractivity contribution in [1.82, 2.24) is 24.9 Å². The maximum Gasteiger partial charge on any atom is 0.268 e. The molecule has 0 bridgehead atoms. The van der Waals surface area contributed by atoms with E-state index >= 15 is 0 Å². The number of aromatic nitrogens is 4. The third-order valence-electron chi connectivity index (χ3n) is 3.61. The molecule has 3 rings (SSSR count). The van der Waals surface area contributed by atoms with Crippen LogP contribution in [0.5, 0.6) is 0 Å². The van der Waals surface area contributed by atoms with Crippen LogP contribution in [0.15, 0.2) is 24.5 Å². The van der Waals surface area contributed by atoms with E-state index < -0.39 is 0 Å². The number of amides is 1. The topological polar surface area (TPSA) is 64.7 Å². The second kappa shape index (κ2) is 4.87. The van der Waals surface area contributed by atoms with Crippen molar-refractivity contribution in [3.63, 3.8) is 0 Å². The largest absolute Gasteiger partial charge is 0.347 e. The van der Waals surface area contributed by atoms with Gasteiger partial charge in [0.25, 0.3) is 5.91 Å². The molecule has 6 nitrogen and oxygen atoms in total. The highest BCUT2D eigenvalue weighted by Gasteiger charge is 2.20. The summed E-state index contributed by atoms with van der Waals surface area (Å²) >= 11 is 0. The van der Waals surface area contributed by atoms with E-state index in [4.69, 9.17) is 0 Å². The lowest BCUT2D eigenvalue weighted by molar-refractivity contribution is 0.0942. The van der Waals surface area contributed by atoms with Crippen molar-refractivity contribution in [2.45, 2.75) is 31.8 Å². The Balaban J connectivity index is 1.58. The quantitative estimate of drug-likeness (QED) is 0.899. The molecule has 19 heavy (non-hydrogen) atoms. The maximum absolute atomic E-state index is 11.9. The number of carbonyl (C=O) groups is 1. The molecule has 0 spiro atoms. The Morgan fingerprint density at radius 2 is 2.37 bits per heavy atom. The smallest absolute Gasteiger partial charge is 0.268 e. The summed E-state index contributed by atoms with van der Waals surface area (Å²) in [6.45, 7) is 0.413. The average Bonchev–Trinajstić information content (AvgIpc) is 2.93. The molecule has 1 saturated carbocycles. The van der Waals surface area contributed by atoms with Gasteiger partial charge in [-0.15, -0.1) is 5.10 Å². The molecule has 1 N–H and O–H groups in total. The van der Waals surface area contributed by atoms with Crippen LogP contribution < -0.4 is 5.32 Å². The SMILES string of the molecule is Cn1cccc1C(=O)NCc1cn(C2CCC2)nn1. The molecule has 6 heteroatoms. The normalized spacial score (nSPS) is 15.2. The van der Waals surface area contributed by atoms with Crippen molar-refractivity contribution in [3.8, 4) is 0 Å². The highest BCUT2D eigenvalue weighted by molar-refractivity contribution is 5.92. The number of hydrogen-bond donors (Lipinski definition) is 1. The van der Waals surface area contributed by atoms with Gasteiger partial charge in [0.15, 0.2) is 0 Å². The Bertz CT molecular complexity index is 581. The lowest BCUT2D eigenvalue weighted by Gasteiger charge is -2.24. The van der Waals surface area contributed by atoms with Gasteiger partial charge < -0.3 is 9.88 Å². The van der Waals surface area contributed by atoms with Crippen LogP contribution in [0.3, 0.4) is 0 Å². The molecule has 1 aliphatic rings. The van der Waals surface area contributed by atoms with Gasteiger partial charge in [-0.1, -0.05) is 5.21 Å². The van der Waals surface area contributed by atoms with E-state index in [2.05, 4.69) is 15.6 Å². The Hall–Kier alpha value is -2.11. The molecule has 2 heterocycles. The summed E-state index contributed by atoms with van der Waals surface area (Å²) in [5, 5.41) is 11.0. The Morgan fingerprint density at radius 1 is 1.53 bits per heavy atom. The van der Waals surface area contributed by atoms with Crippen LogP contribution in [0.2, 0.25) is 0 Å². The first-order valence-electron chi connectivity index (χ1n) is 6.54. The van der Waals surface area contributed by atoms with E-state index in [0.29, 0.717) is 18.3 Å². The predicted octanol–water partition coefficient (Wildman–Crippen LogP) is 1.27. The summed E-state index contributed by atoms with van der Waals surface area (Å²) in [5.74, 6) is -0.0919. The summed E-state index contributed by atoms with van der Waals surface area (Å²) in [7, 11) is 1.85. The summed E-state index contributed by atoms with van der Waals surface area (Å²) in [6, 6.07) is 4.15. The van der Waals surface area contributed by atoms with Crippen LogP contribution in [-0.2, 0) is 13.6 Å². The molecule has 2 aromatic rings. The minimum absolute atomic E-state index is 0.0919. The lowest BCUT2D eigenvalue weighted by Crippen LogP contribution is -2.25. The van der Waals surface area contributed by atoms with Crippen LogP contribution in [0.1, 0.15) is 41.5 Å². The highest BCUT2D eigenvalue weighted by Crippen LogP contribution is 2.30. The van der Waals surface area contributed by atoms with Crippen LogP contribution in [-0.4, -0.2) is 25.5 Å². The molecular formula is C13H17N5O. The van der Waals surface area contributed by atoms with Crippen LogP contribution in [0.25, 0.3) is 0 Å². The van der Waals surface area contributed by atoms with E-state index in [1.807, 2.05) is 30.2 Å². The summed E-state index contributed by atoms with van der Waals surface area (Å²) in [5.41, 5.74) is 1.45. The van der Waals surface area contributed by atoms with Gasteiger partial charge >= 0.3 is 0 Å². The molecule has 1 amide bonds. The van der Waals surface area contributed by atoms with Gasteiger partial charge in [0.2, 0.25) is 0 Å². The number of hydrogen-bond acceptors (Lipinski definition) is 3. The molecule has 0 unspecified atom stereocenters. The van der Waals surface area contributed by atoms with Gasteiger partial charge in [-0.3, -0.25) is 4.79 Å². The van der Waals surface area contributed by atoms with E-state index in [0.717, 1.165) is 5.69 Å². The van der Waals surface area contributed by atoms with Crippen LogP contribution in [0, 0.1) is 0 Å². The minimum atomic E-state index is -0.0919. The summed E-state index contributed by atoms with van der Waals surface area (Å²) in [4.78, 5) is 11.9. The summed E-state index contributed by atoms with van der Waals surface area (Å²) < 4.78 is 3.70. The third kappa shape index (κ3) is 2.38. The second-order valence-electron chi connectivity index (χ2n) is 4.96. The zero-order chi connectivity index (χ0) is 13.2. The van der Waals surface area contributed by atoms with Crippen LogP contribution in [0.4, 0.5) is 0 Å². The van der Waals surface area contributed by atoms with Crippen molar-refractivity contribution in [2.24, 2.45) is 7.05 Å². The predicted molar refractivity (Wildman–Crippen MR) is 69.5 cm³/mol. The van der Waals surface area contributed by atoms with Gasteiger partial charge in [-0.05, 0) is 31.4 Å². The van der Waals surface area contributed by atoms with Gasteiger partial charge in [0, 0.05) is 13.2 Å². The zero-order valence-corrected chi connectivity index (χ0v) is 10.9. The van der Waals surface area contributed by atoms with Gasteiger partial charge in [-0.25, -0.2) is 4.68 Å². The summed E-state index contributed by atoms with van der Waals surface area (Å²) in [6.07, 6.45) is 7.40. The standard InChI is InChI=1S/C13H17N5O/c1-17-7-3-6-12(17)13(19)14-8-10-9-18(16-15-10)11-4-2-5-11/h3,6-7,9,11H,2,4-5,8H2,1H3,(H,14,19). The van der Waals surface area contributed by atoms with Crippen molar-refractivity contribution in [1.29, 1.82) is 0 Å². The Labute approximate surface area is 111 Å². The molecule has 1 fully saturated rings. The highest BCUT2D eigenvalue weighted by atomic mass is 16.1. The van der Waals surface area contributed by atoms with Crippen molar-refractivity contribution < 1.29 is 4.79 Å². The fourth-order valence-corrected chi connectivity index (χ4v) is 2.18. The van der Waals surface area contributed by atoms with E-state index in [1.54, 1.807) is 10.6 Å². The molecule has 100 valence electrons. The Morgan fingerprint density at radius 3 is 3.00 bits per heavy atom. The zero-order valence-electron chi connectivity index (χ0n) is 10.9. The first kappa shape index (κ1) is 12.0. The van der Waals surface area contributed by atoms with Crippen molar-refractivity contribution in [3.05, 3.63) is 35.9 Å². The fraction of sp³-hybridized carbons (Fsp3) is 0.462. The lowest BCUT2D eigenvalue weighted by atomic mass is 9.93. The fourth-order valence-electron chi connectivity index (χ4n) is 2.18. The van der Waals surface area contributed by atoms with E-state index in [1.165, 1.54) is 19.3 Å². The Kier molecular flexibility index (Phi) is 3.06. The first-order chi connectivity index (χ1) is 9.24. The average molecular weight is 259 g/mol. The molecule has 1 aliphatic carbocycles. The molecule has 0 aliphatic heterocycles. The molecule has 0 radical (unpaired) electrons. The van der Waals surface area contributed by atoms with Gasteiger partial charge in [-0.2, -0.15) is 0 Å². The number of nitrogens with zero attached hydrogens (tertiary/aromatic N) is 4. The number of nitrogens with one attached hydrogen (secondary N) is 1. The molecule has 0 atom stereocenters. The number of aryl methyl sites for hydroxylation is 1. The van der Waals surface area contributed by atoms with Crippen molar-refractivity contribution >= 4 is 5.91 Å². The molecule has 0 saturated heterocycles. The number of carbonyl (C=O) groups excluding carboxylic acids is 1. The monoisotopic (exact) mass is 259 g/mol. The van der Waals surface area contributed by atoms with Crippen molar-refractivity contribution in [2.75, 3.05) is 0 Å². The first-order valence-corrected chi connectivity index (χ1v) is 6.54. The molecular weight excluding hydrogens is 242 g/mol. The third-order valence-corrected chi connectivity index (χ3v) is 3.61. The van der Waals surface area contributed by atoms with E-state index in [9.17, 15) is 4.79 Å². The second-order valence-corrected chi connectivity index (χ2v) is 4.96. The van der Waals surface area contributed by atoms with E-state index in [-0.39, 0.29) is 5.91 Å². The molecule has 2 aromatic heterocycles. The van der Waals surface area contributed by atoms with Gasteiger partial charge in [0.1, 0.15) is 11.4 Å². The van der Waals surface area contributed by atoms with Crippen LogP contribution >= 0.6 is 0 Å². The minimum Gasteiger partial charge on any atom is -0.347 e. The number of rotatable bonds is 4.